The molecule has 2 aliphatic rings. The number of halogens is 5. The first kappa shape index (κ1) is 29.5. The summed E-state index contributed by atoms with van der Waals surface area (Å²) >= 11 is 0. The number of hydrogen-bond acceptors (Lipinski definition) is 8. The summed E-state index contributed by atoms with van der Waals surface area (Å²) in [6.45, 7) is 5.87. The lowest BCUT2D eigenvalue weighted by molar-refractivity contribution is -0.138. The second-order valence-electron chi connectivity index (χ2n) is 10.4. The van der Waals surface area contributed by atoms with Gasteiger partial charge < -0.3 is 30.5 Å². The number of carbonyl (C=O) groups excluding carboxylic acids is 1. The Morgan fingerprint density at radius 1 is 1.00 bits per heavy atom. The van der Waals surface area contributed by atoms with Crippen LogP contribution in [0.3, 0.4) is 0 Å². The third kappa shape index (κ3) is 6.09. The highest BCUT2D eigenvalue weighted by Crippen LogP contribution is 2.38. The average molecular weight is 592 g/mol. The van der Waals surface area contributed by atoms with Gasteiger partial charge in [0, 0.05) is 62.3 Å². The Morgan fingerprint density at radius 2 is 1.69 bits per heavy atom. The van der Waals surface area contributed by atoms with Crippen molar-refractivity contribution in [2.75, 3.05) is 73.8 Å². The third-order valence-corrected chi connectivity index (χ3v) is 7.56. The summed E-state index contributed by atoms with van der Waals surface area (Å²) in [6, 6.07) is 3.51. The van der Waals surface area contributed by atoms with E-state index in [0.29, 0.717) is 69.2 Å². The number of aromatic nitrogens is 2. The Bertz CT molecular complexity index is 1460. The predicted molar refractivity (Wildman–Crippen MR) is 149 cm³/mol. The molecule has 42 heavy (non-hydrogen) atoms. The number of morpholine rings is 1. The maximum Gasteiger partial charge on any atom is 0.417 e. The van der Waals surface area contributed by atoms with Crippen LogP contribution in [0, 0.1) is 11.6 Å². The van der Waals surface area contributed by atoms with Gasteiger partial charge in [-0.3, -0.25) is 4.79 Å². The lowest BCUT2D eigenvalue weighted by atomic mass is 10.0. The Balaban J connectivity index is 1.54. The summed E-state index contributed by atoms with van der Waals surface area (Å²) in [6.07, 6.45) is -2.13. The maximum atomic E-state index is 15.6. The molecule has 0 spiro atoms. The number of anilines is 4. The van der Waals surface area contributed by atoms with Crippen molar-refractivity contribution in [2.24, 2.45) is 0 Å². The number of nitrogens with zero attached hydrogens (tertiary/aromatic N) is 5. The molecule has 3 heterocycles. The summed E-state index contributed by atoms with van der Waals surface area (Å²) in [7, 11) is 1.95. The van der Waals surface area contributed by atoms with Crippen LogP contribution in [0.25, 0.3) is 11.1 Å². The molecule has 3 N–H and O–H groups in total. The zero-order valence-corrected chi connectivity index (χ0v) is 23.0. The Hall–Kier alpha value is -4.04. The highest BCUT2D eigenvalue weighted by atomic mass is 19.4. The molecule has 9 nitrogen and oxygen atoms in total. The van der Waals surface area contributed by atoms with Gasteiger partial charge in [-0.05, 0) is 38.2 Å². The van der Waals surface area contributed by atoms with Crippen LogP contribution in [-0.4, -0.2) is 79.8 Å². The predicted octanol–water partition coefficient (Wildman–Crippen LogP) is 4.25. The van der Waals surface area contributed by atoms with Gasteiger partial charge in [-0.15, -0.1) is 0 Å². The number of hydrogen-bond donors (Lipinski definition) is 2. The first-order chi connectivity index (χ1) is 19.9. The molecule has 0 saturated carbocycles. The normalized spacial score (nSPS) is 18.3. The monoisotopic (exact) mass is 591 g/mol. The molecule has 2 saturated heterocycles. The van der Waals surface area contributed by atoms with Gasteiger partial charge in [-0.25, -0.2) is 18.7 Å². The lowest BCUT2D eigenvalue weighted by Gasteiger charge is -2.39. The molecular formula is C28H30F5N7O2. The van der Waals surface area contributed by atoms with Gasteiger partial charge in [0.2, 0.25) is 5.95 Å². The third-order valence-electron chi connectivity index (χ3n) is 7.56. The second kappa shape index (κ2) is 11.7. The van der Waals surface area contributed by atoms with Gasteiger partial charge in [-0.2, -0.15) is 13.2 Å². The van der Waals surface area contributed by atoms with Crippen LogP contribution in [0.4, 0.5) is 45.0 Å². The number of rotatable bonds is 5. The molecule has 1 amide bonds. The van der Waals surface area contributed by atoms with Gasteiger partial charge in [-0.1, -0.05) is 0 Å². The van der Waals surface area contributed by atoms with Crippen LogP contribution < -0.4 is 20.9 Å². The fourth-order valence-corrected chi connectivity index (χ4v) is 5.00. The number of nitrogen functional groups attached to an aromatic ring is 1. The van der Waals surface area contributed by atoms with Crippen LogP contribution in [0.5, 0.6) is 0 Å². The molecule has 0 aliphatic carbocycles. The van der Waals surface area contributed by atoms with Crippen molar-refractivity contribution in [1.82, 2.24) is 14.9 Å². The van der Waals surface area contributed by atoms with Crippen molar-refractivity contribution in [1.29, 1.82) is 0 Å². The van der Waals surface area contributed by atoms with Gasteiger partial charge >= 0.3 is 6.18 Å². The number of amides is 1. The van der Waals surface area contributed by atoms with Crippen molar-refractivity contribution in [3.8, 4) is 11.1 Å². The van der Waals surface area contributed by atoms with Crippen LogP contribution in [-0.2, 0) is 10.9 Å². The summed E-state index contributed by atoms with van der Waals surface area (Å²) < 4.78 is 76.2. The number of alkyl halides is 3. The highest BCUT2D eigenvalue weighted by molar-refractivity contribution is 6.08. The maximum absolute atomic E-state index is 15.6. The van der Waals surface area contributed by atoms with E-state index in [2.05, 4.69) is 20.2 Å². The fourth-order valence-electron chi connectivity index (χ4n) is 5.00. The van der Waals surface area contributed by atoms with E-state index < -0.39 is 40.5 Å². The minimum atomic E-state index is -5.02. The Labute approximate surface area is 239 Å². The molecule has 2 aliphatic heterocycles. The highest BCUT2D eigenvalue weighted by Gasteiger charge is 2.37. The van der Waals surface area contributed by atoms with Crippen molar-refractivity contribution < 1.29 is 31.5 Å². The largest absolute Gasteiger partial charge is 0.417 e. The molecule has 14 heteroatoms. The van der Waals surface area contributed by atoms with Gasteiger partial charge in [0.15, 0.2) is 0 Å². The lowest BCUT2D eigenvalue weighted by Crippen LogP contribution is -2.50. The number of nitrogens with one attached hydrogen (secondary N) is 1. The molecule has 0 radical (unpaired) electrons. The van der Waals surface area contributed by atoms with E-state index in [4.69, 9.17) is 10.5 Å². The number of benzene rings is 2. The van der Waals surface area contributed by atoms with Crippen LogP contribution in [0.2, 0.25) is 0 Å². The zero-order valence-electron chi connectivity index (χ0n) is 23.0. The van der Waals surface area contributed by atoms with Crippen molar-refractivity contribution in [3.05, 3.63) is 59.4 Å². The molecule has 0 bridgehead atoms. The quantitative estimate of drug-likeness (QED) is 0.336. The number of piperazine rings is 1. The second-order valence-corrected chi connectivity index (χ2v) is 10.4. The van der Waals surface area contributed by atoms with Gasteiger partial charge in [0.05, 0.1) is 41.4 Å². The van der Waals surface area contributed by atoms with E-state index in [0.717, 1.165) is 0 Å². The van der Waals surface area contributed by atoms with E-state index in [1.54, 1.807) is 0 Å². The molecule has 2 fully saturated rings. The first-order valence-corrected chi connectivity index (χ1v) is 13.3. The molecular weight excluding hydrogens is 561 g/mol. The smallest absolute Gasteiger partial charge is 0.396 e. The molecule has 0 unspecified atom stereocenters. The fraction of sp³-hybridized carbons (Fsp3) is 0.393. The number of nitrogens with two attached hydrogens (primary N) is 1. The average Bonchev–Trinajstić information content (AvgIpc) is 2.96. The molecule has 224 valence electrons. The minimum absolute atomic E-state index is 0.0411. The van der Waals surface area contributed by atoms with Crippen LogP contribution >= 0.6 is 0 Å². The van der Waals surface area contributed by atoms with E-state index in [9.17, 15) is 22.4 Å². The first-order valence-electron chi connectivity index (χ1n) is 13.3. The zero-order chi connectivity index (χ0) is 30.2. The summed E-state index contributed by atoms with van der Waals surface area (Å²) in [5.41, 5.74) is 3.28. The number of ether oxygens (including phenoxy) is 1. The van der Waals surface area contributed by atoms with Crippen molar-refractivity contribution in [2.45, 2.75) is 19.1 Å². The molecule has 2 aromatic carbocycles. The van der Waals surface area contributed by atoms with E-state index in [1.807, 2.05) is 23.8 Å². The van der Waals surface area contributed by atoms with Gasteiger partial charge in [0.1, 0.15) is 11.6 Å². The topological polar surface area (TPSA) is 99.8 Å². The SMILES string of the molecule is C[C@H]1CN(c2cc(F)c(-c3cnc(N4CCOCC4)nc3)cc2NC(=O)c2cc(N)c(F)cc2C(F)(F)F)CCN1C. The molecule has 1 aromatic heterocycles. The Morgan fingerprint density at radius 3 is 2.33 bits per heavy atom. The van der Waals surface area contributed by atoms with E-state index >= 15 is 4.39 Å². The van der Waals surface area contributed by atoms with Gasteiger partial charge in [0.25, 0.3) is 5.91 Å². The van der Waals surface area contributed by atoms with E-state index in [-0.39, 0.29) is 23.4 Å². The summed E-state index contributed by atoms with van der Waals surface area (Å²) in [5, 5.41) is 2.51. The van der Waals surface area contributed by atoms with Crippen LogP contribution in [0.15, 0.2) is 36.7 Å². The standard InChI is InChI=1S/C28H30F5N7O2/c1-16-15-40(4-3-38(16)2)25-12-21(29)18(17-13-35-27(36-14-17)39-5-7-42-8-6-39)10-24(25)37-26(41)19-9-23(34)22(30)11-20(19)28(31,32)33/h9-14,16H,3-8,15,34H2,1-2H3,(H,37,41)/t16-/m0/s1. The number of likely N-dealkylation sites (N-methyl/N-ethyl adjacent to an activating group) is 1. The van der Waals surface area contributed by atoms with Crippen molar-refractivity contribution >= 4 is 28.9 Å². The van der Waals surface area contributed by atoms with E-state index in [1.165, 1.54) is 24.5 Å². The summed E-state index contributed by atoms with van der Waals surface area (Å²) in [5.74, 6) is -2.64. The number of carbonyl (C=O) groups is 1. The Kier molecular flexibility index (Phi) is 8.19. The molecule has 3 aromatic rings. The minimum Gasteiger partial charge on any atom is -0.396 e. The van der Waals surface area contributed by atoms with Crippen LogP contribution in [0.1, 0.15) is 22.8 Å². The summed E-state index contributed by atoms with van der Waals surface area (Å²) in [4.78, 5) is 27.9. The van der Waals surface area contributed by atoms with Crippen molar-refractivity contribution in [3.63, 3.8) is 0 Å². The molecule has 5 rings (SSSR count). The molecule has 1 atom stereocenters.